The van der Waals surface area contributed by atoms with Crippen LogP contribution < -0.4 is 15.6 Å². The van der Waals surface area contributed by atoms with Gasteiger partial charge >= 0.3 is 0 Å². The van der Waals surface area contributed by atoms with E-state index in [2.05, 4.69) is 20.5 Å². The van der Waals surface area contributed by atoms with Crippen LogP contribution in [0, 0.1) is 0 Å². The second-order valence-electron chi connectivity index (χ2n) is 6.20. The van der Waals surface area contributed by atoms with Gasteiger partial charge in [-0.2, -0.15) is 0 Å². The number of aromatic amines is 1. The second-order valence-corrected chi connectivity index (χ2v) is 7.17. The molecule has 0 saturated carbocycles. The summed E-state index contributed by atoms with van der Waals surface area (Å²) in [6.45, 7) is 3.90. The van der Waals surface area contributed by atoms with Crippen LogP contribution in [0.3, 0.4) is 0 Å². The van der Waals surface area contributed by atoms with Gasteiger partial charge in [-0.1, -0.05) is 42.1 Å². The van der Waals surface area contributed by atoms with Crippen LogP contribution in [0.1, 0.15) is 13.8 Å². The van der Waals surface area contributed by atoms with Crippen molar-refractivity contribution in [3.63, 3.8) is 0 Å². The molecule has 0 aliphatic heterocycles. The maximum atomic E-state index is 12.2. The van der Waals surface area contributed by atoms with E-state index < -0.39 is 0 Å². The Morgan fingerprint density at radius 2 is 1.82 bits per heavy atom. The summed E-state index contributed by atoms with van der Waals surface area (Å²) in [6.07, 6.45) is 0.0911. The fourth-order valence-electron chi connectivity index (χ4n) is 2.39. The minimum absolute atomic E-state index is 0.0911. The second kappa shape index (κ2) is 9.18. The van der Waals surface area contributed by atoms with Crippen LogP contribution in [0.5, 0.6) is 5.75 Å². The molecule has 2 aromatic carbocycles. The number of hydrogen-bond donors (Lipinski definition) is 2. The van der Waals surface area contributed by atoms with Crippen LogP contribution in [0.2, 0.25) is 0 Å². The average Bonchev–Trinajstić information content (AvgIpc) is 2.68. The molecule has 1 heterocycles. The molecule has 0 radical (unpaired) electrons. The lowest BCUT2D eigenvalue weighted by atomic mass is 10.2. The molecule has 8 heteroatoms. The summed E-state index contributed by atoms with van der Waals surface area (Å²) in [7, 11) is 0. The molecular weight excluding hydrogens is 376 g/mol. The Hall–Kier alpha value is -3.13. The number of ether oxygens (including phenoxy) is 1. The number of carbonyl (C=O) groups is 1. The number of benzene rings is 2. The Bertz CT molecular complexity index is 988. The van der Waals surface area contributed by atoms with Crippen LogP contribution >= 0.6 is 11.8 Å². The number of thioether (sulfide) groups is 1. The molecule has 1 aromatic heterocycles. The number of amides is 1. The lowest BCUT2D eigenvalue weighted by Crippen LogP contribution is -2.17. The molecule has 0 unspecified atom stereocenters. The smallest absolute Gasteiger partial charge is 0.278 e. The summed E-state index contributed by atoms with van der Waals surface area (Å²) >= 11 is 1.11. The van der Waals surface area contributed by atoms with E-state index in [0.717, 1.165) is 17.5 Å². The SMILES string of the molecule is CC(C)Oc1ccc(NC(=O)CSc2nnc(-c3ccccc3)c(=O)[nH]2)cc1. The van der Waals surface area contributed by atoms with Gasteiger partial charge in [0.2, 0.25) is 5.91 Å². The summed E-state index contributed by atoms with van der Waals surface area (Å²) in [5, 5.41) is 11.1. The molecule has 3 rings (SSSR count). The van der Waals surface area contributed by atoms with E-state index in [-0.39, 0.29) is 29.0 Å². The van der Waals surface area contributed by atoms with Crippen molar-refractivity contribution in [2.24, 2.45) is 0 Å². The number of carbonyl (C=O) groups excluding carboxylic acids is 1. The molecule has 28 heavy (non-hydrogen) atoms. The number of nitrogens with one attached hydrogen (secondary N) is 2. The van der Waals surface area contributed by atoms with E-state index in [1.165, 1.54) is 0 Å². The largest absolute Gasteiger partial charge is 0.491 e. The minimum Gasteiger partial charge on any atom is -0.491 e. The third-order valence-electron chi connectivity index (χ3n) is 3.57. The van der Waals surface area contributed by atoms with Crippen molar-refractivity contribution >= 4 is 23.4 Å². The van der Waals surface area contributed by atoms with Crippen LogP contribution in [0.15, 0.2) is 64.5 Å². The first-order chi connectivity index (χ1) is 13.5. The zero-order chi connectivity index (χ0) is 19.9. The van der Waals surface area contributed by atoms with Crippen molar-refractivity contribution < 1.29 is 9.53 Å². The van der Waals surface area contributed by atoms with E-state index >= 15 is 0 Å². The Kier molecular flexibility index (Phi) is 6.44. The first kappa shape index (κ1) is 19.6. The molecule has 0 bridgehead atoms. The van der Waals surface area contributed by atoms with Crippen LogP contribution in [0.25, 0.3) is 11.3 Å². The lowest BCUT2D eigenvalue weighted by Gasteiger charge is -2.10. The fraction of sp³-hybridized carbons (Fsp3) is 0.200. The van der Waals surface area contributed by atoms with Gasteiger partial charge in [-0.05, 0) is 38.1 Å². The third-order valence-corrected chi connectivity index (χ3v) is 4.44. The maximum absolute atomic E-state index is 12.2. The van der Waals surface area contributed by atoms with Gasteiger partial charge in [-0.25, -0.2) is 0 Å². The standard InChI is InChI=1S/C20H20N4O3S/c1-13(2)27-16-10-8-15(9-11-16)21-17(25)12-28-20-22-19(26)18(23-24-20)14-6-4-3-5-7-14/h3-11,13H,12H2,1-2H3,(H,21,25)(H,22,24,26). The molecule has 0 atom stereocenters. The Morgan fingerprint density at radius 1 is 1.11 bits per heavy atom. The van der Waals surface area contributed by atoms with Gasteiger partial charge in [-0.15, -0.1) is 10.2 Å². The van der Waals surface area contributed by atoms with E-state index in [0.29, 0.717) is 16.4 Å². The first-order valence-electron chi connectivity index (χ1n) is 8.73. The molecular formula is C20H20N4O3S. The van der Waals surface area contributed by atoms with Crippen molar-refractivity contribution in [3.05, 3.63) is 65.0 Å². The Balaban J connectivity index is 1.56. The summed E-state index contributed by atoms with van der Waals surface area (Å²) in [4.78, 5) is 27.0. The van der Waals surface area contributed by atoms with Gasteiger partial charge < -0.3 is 10.1 Å². The highest BCUT2D eigenvalue weighted by molar-refractivity contribution is 7.99. The minimum atomic E-state index is -0.343. The highest BCUT2D eigenvalue weighted by Gasteiger charge is 2.10. The molecule has 0 saturated heterocycles. The molecule has 144 valence electrons. The van der Waals surface area contributed by atoms with Crippen LogP contribution in [0.4, 0.5) is 5.69 Å². The van der Waals surface area contributed by atoms with Crippen molar-refractivity contribution in [2.75, 3.05) is 11.1 Å². The zero-order valence-corrected chi connectivity index (χ0v) is 16.3. The summed E-state index contributed by atoms with van der Waals surface area (Å²) in [6, 6.07) is 16.2. The van der Waals surface area contributed by atoms with Gasteiger partial charge in [0.15, 0.2) is 10.9 Å². The van der Waals surface area contributed by atoms with E-state index in [1.807, 2.05) is 32.0 Å². The van der Waals surface area contributed by atoms with E-state index in [1.54, 1.807) is 36.4 Å². The van der Waals surface area contributed by atoms with Gasteiger partial charge in [0, 0.05) is 11.3 Å². The zero-order valence-electron chi connectivity index (χ0n) is 15.5. The van der Waals surface area contributed by atoms with Crippen molar-refractivity contribution in [2.45, 2.75) is 25.1 Å². The van der Waals surface area contributed by atoms with Crippen molar-refractivity contribution in [1.29, 1.82) is 0 Å². The number of anilines is 1. The maximum Gasteiger partial charge on any atom is 0.278 e. The monoisotopic (exact) mass is 396 g/mol. The van der Waals surface area contributed by atoms with Gasteiger partial charge in [0.1, 0.15) is 5.75 Å². The van der Waals surface area contributed by atoms with Gasteiger partial charge in [-0.3, -0.25) is 14.6 Å². The molecule has 0 aliphatic carbocycles. The Labute approximate surface area is 166 Å². The molecule has 0 aliphatic rings. The number of aromatic nitrogens is 3. The van der Waals surface area contributed by atoms with Gasteiger partial charge in [0.25, 0.3) is 5.56 Å². The number of hydrogen-bond acceptors (Lipinski definition) is 6. The molecule has 0 fully saturated rings. The number of nitrogens with zero attached hydrogens (tertiary/aromatic N) is 2. The quantitative estimate of drug-likeness (QED) is 0.595. The summed E-state index contributed by atoms with van der Waals surface area (Å²) < 4.78 is 5.57. The average molecular weight is 396 g/mol. The highest BCUT2D eigenvalue weighted by atomic mass is 32.2. The van der Waals surface area contributed by atoms with E-state index in [4.69, 9.17) is 4.74 Å². The molecule has 2 N–H and O–H groups in total. The first-order valence-corrected chi connectivity index (χ1v) is 9.71. The highest BCUT2D eigenvalue weighted by Crippen LogP contribution is 2.18. The molecule has 1 amide bonds. The van der Waals surface area contributed by atoms with Crippen LogP contribution in [-0.2, 0) is 4.79 Å². The molecule has 7 nitrogen and oxygen atoms in total. The predicted octanol–water partition coefficient (Wildman–Crippen LogP) is 3.35. The molecule has 0 spiro atoms. The fourth-order valence-corrected chi connectivity index (χ4v) is 3.00. The Morgan fingerprint density at radius 3 is 2.46 bits per heavy atom. The predicted molar refractivity (Wildman–Crippen MR) is 110 cm³/mol. The van der Waals surface area contributed by atoms with Crippen LogP contribution in [-0.4, -0.2) is 32.9 Å². The van der Waals surface area contributed by atoms with Crippen molar-refractivity contribution in [1.82, 2.24) is 15.2 Å². The molecule has 3 aromatic rings. The third kappa shape index (κ3) is 5.43. The number of H-pyrrole nitrogens is 1. The van der Waals surface area contributed by atoms with E-state index in [9.17, 15) is 9.59 Å². The topological polar surface area (TPSA) is 97.0 Å². The summed E-state index contributed by atoms with van der Waals surface area (Å²) in [5.74, 6) is 0.630. The van der Waals surface area contributed by atoms with Crippen molar-refractivity contribution in [3.8, 4) is 17.0 Å². The number of rotatable bonds is 7. The summed E-state index contributed by atoms with van der Waals surface area (Å²) in [5.41, 5.74) is 1.26. The normalized spacial score (nSPS) is 10.7. The lowest BCUT2D eigenvalue weighted by molar-refractivity contribution is -0.113. The van der Waals surface area contributed by atoms with Gasteiger partial charge in [0.05, 0.1) is 11.9 Å².